The molecule has 2 aromatic rings. The van der Waals surface area contributed by atoms with Crippen LogP contribution in [-0.2, 0) is 9.59 Å². The minimum absolute atomic E-state index is 0.0213. The van der Waals surface area contributed by atoms with Crippen LogP contribution in [0.25, 0.3) is 0 Å². The van der Waals surface area contributed by atoms with E-state index in [9.17, 15) is 23.9 Å². The highest BCUT2D eigenvalue weighted by atomic mass is 79.9. The number of hydrogen-bond acceptors (Lipinski definition) is 4. The molecule has 8 heteroatoms. The van der Waals surface area contributed by atoms with Gasteiger partial charge in [-0.1, -0.05) is 28.1 Å². The van der Waals surface area contributed by atoms with Crippen LogP contribution in [0, 0.1) is 29.5 Å². The number of rotatable bonds is 6. The summed E-state index contributed by atoms with van der Waals surface area (Å²) in [6.45, 7) is 0. The van der Waals surface area contributed by atoms with Crippen LogP contribution in [0.1, 0.15) is 41.4 Å². The number of ketones is 1. The average molecular weight is 475 g/mol. The maximum absolute atomic E-state index is 13.5. The molecule has 6 nitrogen and oxygen atoms in total. The van der Waals surface area contributed by atoms with Crippen LogP contribution in [0.3, 0.4) is 0 Å². The Bertz CT molecular complexity index is 980. The van der Waals surface area contributed by atoms with Gasteiger partial charge in [0.1, 0.15) is 17.6 Å². The van der Waals surface area contributed by atoms with Crippen LogP contribution in [0.15, 0.2) is 47.1 Å². The summed E-state index contributed by atoms with van der Waals surface area (Å²) in [5.41, 5.74) is 0.535. The molecular weight excluding hydrogens is 455 g/mol. The lowest BCUT2D eigenvalue weighted by atomic mass is 9.74. The first-order valence-electron chi connectivity index (χ1n) is 9.78. The molecule has 2 fully saturated rings. The first-order valence-corrected chi connectivity index (χ1v) is 10.6. The van der Waals surface area contributed by atoms with E-state index in [0.29, 0.717) is 30.2 Å². The summed E-state index contributed by atoms with van der Waals surface area (Å²) in [4.78, 5) is 41.8. The second kappa shape index (κ2) is 8.26. The van der Waals surface area contributed by atoms with Gasteiger partial charge in [0, 0.05) is 10.4 Å². The van der Waals surface area contributed by atoms with Gasteiger partial charge < -0.3 is 10.4 Å². The number of nitrogens with zero attached hydrogens (tertiary/aromatic N) is 1. The molecule has 0 spiro atoms. The summed E-state index contributed by atoms with van der Waals surface area (Å²) < 4.78 is 13.9. The van der Waals surface area contributed by atoms with Gasteiger partial charge in [-0.3, -0.25) is 14.4 Å². The third kappa shape index (κ3) is 4.28. The van der Waals surface area contributed by atoms with Crippen molar-refractivity contribution in [3.63, 3.8) is 0 Å². The molecule has 2 saturated carbocycles. The van der Waals surface area contributed by atoms with Crippen LogP contribution in [0.2, 0.25) is 0 Å². The highest BCUT2D eigenvalue weighted by Gasteiger charge is 2.52. The minimum Gasteiger partial charge on any atom is -0.481 e. The van der Waals surface area contributed by atoms with E-state index in [1.165, 1.54) is 6.07 Å². The second-order valence-corrected chi connectivity index (χ2v) is 8.92. The number of aliphatic carboxylic acids is 1. The fourth-order valence-corrected chi connectivity index (χ4v) is 4.62. The summed E-state index contributed by atoms with van der Waals surface area (Å²) in [5.74, 6) is -3.12. The molecule has 0 bridgehead atoms. The van der Waals surface area contributed by atoms with E-state index >= 15 is 0 Å². The van der Waals surface area contributed by atoms with Crippen molar-refractivity contribution in [3.05, 3.63) is 64.1 Å². The Morgan fingerprint density at radius 3 is 2.30 bits per heavy atom. The number of aromatic nitrogens is 1. The monoisotopic (exact) mass is 474 g/mol. The lowest BCUT2D eigenvalue weighted by molar-refractivity contribution is -0.149. The molecule has 2 N–H and O–H groups in total. The molecule has 2 aliphatic carbocycles. The van der Waals surface area contributed by atoms with Crippen molar-refractivity contribution in [3.8, 4) is 0 Å². The number of nitrogens with one attached hydrogen (secondary N) is 1. The number of Topliss-reactive ketones (excluding diaryl/α,β-unsaturated/α-hetero) is 1. The third-order valence-corrected chi connectivity index (χ3v) is 6.60. The van der Waals surface area contributed by atoms with Gasteiger partial charge in [-0.25, -0.2) is 9.37 Å². The van der Waals surface area contributed by atoms with E-state index in [1.807, 2.05) is 0 Å². The highest BCUT2D eigenvalue weighted by molar-refractivity contribution is 9.10. The Morgan fingerprint density at radius 2 is 1.70 bits per heavy atom. The van der Waals surface area contributed by atoms with E-state index in [2.05, 4.69) is 26.2 Å². The topological polar surface area (TPSA) is 96.4 Å². The predicted molar refractivity (Wildman–Crippen MR) is 109 cm³/mol. The first kappa shape index (κ1) is 20.7. The maximum Gasteiger partial charge on any atom is 0.307 e. The van der Waals surface area contributed by atoms with Crippen molar-refractivity contribution in [1.82, 2.24) is 10.3 Å². The summed E-state index contributed by atoms with van der Waals surface area (Å²) >= 11 is 3.35. The lowest BCUT2D eigenvalue weighted by Gasteiger charge is -2.30. The van der Waals surface area contributed by atoms with E-state index in [-0.39, 0.29) is 11.5 Å². The number of hydrogen-bond donors (Lipinski definition) is 2. The molecule has 1 amide bonds. The number of carbonyl (C=O) groups is 3. The summed E-state index contributed by atoms with van der Waals surface area (Å²) in [7, 11) is 0. The molecule has 5 atom stereocenters. The molecule has 1 heterocycles. The van der Waals surface area contributed by atoms with Gasteiger partial charge in [0.2, 0.25) is 0 Å². The normalized spacial score (nSPS) is 25.7. The zero-order valence-corrected chi connectivity index (χ0v) is 17.5. The predicted octanol–water partition coefficient (Wildman–Crippen LogP) is 3.77. The van der Waals surface area contributed by atoms with Crippen LogP contribution in [0.4, 0.5) is 4.39 Å². The molecule has 4 rings (SSSR count). The Morgan fingerprint density at radius 1 is 1.03 bits per heavy atom. The molecule has 2 aliphatic rings. The van der Waals surface area contributed by atoms with Gasteiger partial charge in [0.25, 0.3) is 5.91 Å². The molecular formula is C22H20BrFN2O4. The highest BCUT2D eigenvalue weighted by Crippen LogP contribution is 2.54. The van der Waals surface area contributed by atoms with Gasteiger partial charge in [-0.05, 0) is 60.9 Å². The zero-order chi connectivity index (χ0) is 21.4. The van der Waals surface area contributed by atoms with Crippen molar-refractivity contribution in [2.24, 2.45) is 23.7 Å². The van der Waals surface area contributed by atoms with E-state index in [1.54, 1.807) is 24.3 Å². The second-order valence-electron chi connectivity index (χ2n) is 8.00. The van der Waals surface area contributed by atoms with E-state index in [0.717, 1.165) is 23.2 Å². The number of carbonyl (C=O) groups excluding carboxylic acids is 2. The van der Waals surface area contributed by atoms with Crippen molar-refractivity contribution < 1.29 is 23.9 Å². The quantitative estimate of drug-likeness (QED) is 0.663. The number of benzene rings is 1. The standard InChI is InChI=1S/C22H20BrFN2O4/c23-14-3-1-11(2-4-14)19(26-21(28)18-6-5-15(24)10-25-18)20(27)16-8-12-7-13(12)9-17(16)22(29)30/h1-6,10,12-13,16-17,19H,7-9H2,(H,26,28)(H,29,30). The summed E-state index contributed by atoms with van der Waals surface area (Å²) in [6, 6.07) is 8.28. The van der Waals surface area contributed by atoms with E-state index < -0.39 is 35.6 Å². The Balaban J connectivity index is 1.63. The largest absolute Gasteiger partial charge is 0.481 e. The van der Waals surface area contributed by atoms with Gasteiger partial charge in [0.05, 0.1) is 12.1 Å². The molecule has 30 heavy (non-hydrogen) atoms. The maximum atomic E-state index is 13.5. The average Bonchev–Trinajstić information content (AvgIpc) is 3.50. The molecule has 5 unspecified atom stereocenters. The zero-order valence-electron chi connectivity index (χ0n) is 15.9. The van der Waals surface area contributed by atoms with Crippen LogP contribution >= 0.6 is 15.9 Å². The number of halogens is 2. The number of fused-ring (bicyclic) bond motifs is 1. The van der Waals surface area contributed by atoms with E-state index in [4.69, 9.17) is 0 Å². The van der Waals surface area contributed by atoms with Crippen molar-refractivity contribution >= 4 is 33.6 Å². The van der Waals surface area contributed by atoms with Gasteiger partial charge in [-0.15, -0.1) is 0 Å². The van der Waals surface area contributed by atoms with Gasteiger partial charge in [-0.2, -0.15) is 0 Å². The molecule has 0 aliphatic heterocycles. The number of carboxylic acids is 1. The van der Waals surface area contributed by atoms with Gasteiger partial charge >= 0.3 is 5.97 Å². The number of pyridine rings is 1. The molecule has 1 aromatic heterocycles. The minimum atomic E-state index is -1.01. The van der Waals surface area contributed by atoms with Crippen molar-refractivity contribution in [2.75, 3.05) is 0 Å². The SMILES string of the molecule is O=C(NC(C(=O)C1CC2CC2CC1C(=O)O)c1ccc(Br)cc1)c1ccc(F)cn1. The Kier molecular flexibility index (Phi) is 5.69. The number of carboxylic acid groups (broad SMARTS) is 1. The lowest BCUT2D eigenvalue weighted by Crippen LogP contribution is -2.42. The van der Waals surface area contributed by atoms with Crippen LogP contribution in [-0.4, -0.2) is 27.8 Å². The molecule has 0 saturated heterocycles. The summed E-state index contributed by atoms with van der Waals surface area (Å²) in [6.07, 6.45) is 2.91. The summed E-state index contributed by atoms with van der Waals surface area (Å²) in [5, 5.41) is 12.4. The van der Waals surface area contributed by atoms with Crippen molar-refractivity contribution in [2.45, 2.75) is 25.3 Å². The first-order chi connectivity index (χ1) is 14.3. The van der Waals surface area contributed by atoms with Gasteiger partial charge in [0.15, 0.2) is 5.78 Å². The fourth-order valence-electron chi connectivity index (χ4n) is 4.36. The molecule has 1 aromatic carbocycles. The Hall–Kier alpha value is -2.61. The number of amides is 1. The van der Waals surface area contributed by atoms with Crippen LogP contribution < -0.4 is 5.32 Å². The third-order valence-electron chi connectivity index (χ3n) is 6.07. The Labute approximate surface area is 181 Å². The fraction of sp³-hybridized carbons (Fsp3) is 0.364. The van der Waals surface area contributed by atoms with Crippen molar-refractivity contribution in [1.29, 1.82) is 0 Å². The van der Waals surface area contributed by atoms with Crippen LogP contribution in [0.5, 0.6) is 0 Å². The molecule has 156 valence electrons. The smallest absolute Gasteiger partial charge is 0.307 e. The molecule has 0 radical (unpaired) electrons.